The van der Waals surface area contributed by atoms with Crippen molar-refractivity contribution in [3.63, 3.8) is 0 Å². The molecule has 0 unspecified atom stereocenters. The number of fused-ring (bicyclic) bond motifs is 5. The number of hydrogen-bond acceptors (Lipinski definition) is 1. The van der Waals surface area contributed by atoms with Crippen LogP contribution in [0.3, 0.4) is 0 Å². The summed E-state index contributed by atoms with van der Waals surface area (Å²) in [4.78, 5) is 0. The Labute approximate surface area is 165 Å². The lowest BCUT2D eigenvalue weighted by atomic mass is 9.97. The van der Waals surface area contributed by atoms with Crippen molar-refractivity contribution in [2.45, 2.75) is 26.7 Å². The van der Waals surface area contributed by atoms with E-state index >= 15 is 0 Å². The Morgan fingerprint density at radius 1 is 0.857 bits per heavy atom. The Morgan fingerprint density at radius 3 is 2.46 bits per heavy atom. The van der Waals surface area contributed by atoms with Crippen LogP contribution < -0.4 is 4.57 Å². The highest BCUT2D eigenvalue weighted by molar-refractivity contribution is 6.20. The number of benzene rings is 3. The lowest BCUT2D eigenvalue weighted by molar-refractivity contribution is -0.660. The van der Waals surface area contributed by atoms with Gasteiger partial charge in [-0.15, -0.1) is 0 Å². The monoisotopic (exact) mass is 366 g/mol. The minimum absolute atomic E-state index is 0.509. The normalized spacial score (nSPS) is 11.9. The molecule has 2 aromatic heterocycles. The molecular weight excluding hydrogens is 342 g/mol. The number of aromatic nitrogens is 1. The van der Waals surface area contributed by atoms with Gasteiger partial charge >= 0.3 is 0 Å². The van der Waals surface area contributed by atoms with E-state index in [1.807, 2.05) is 0 Å². The summed E-state index contributed by atoms with van der Waals surface area (Å²) in [6, 6.07) is 21.6. The second-order valence-electron chi connectivity index (χ2n) is 8.01. The molecule has 2 nitrogen and oxygen atoms in total. The number of rotatable bonds is 2. The summed E-state index contributed by atoms with van der Waals surface area (Å²) in [7, 11) is 2.12. The van der Waals surface area contributed by atoms with E-state index in [2.05, 4.69) is 99.2 Å². The Balaban J connectivity index is 1.87. The van der Waals surface area contributed by atoms with Crippen molar-refractivity contribution >= 4 is 32.7 Å². The fourth-order valence-electron chi connectivity index (χ4n) is 4.26. The third-order valence-electron chi connectivity index (χ3n) is 5.82. The van der Waals surface area contributed by atoms with E-state index in [9.17, 15) is 0 Å². The van der Waals surface area contributed by atoms with Gasteiger partial charge in [-0.05, 0) is 41.3 Å². The highest BCUT2D eigenvalue weighted by Gasteiger charge is 2.21. The first-order valence-corrected chi connectivity index (χ1v) is 9.88. The Bertz CT molecular complexity index is 1360. The SMILES string of the molecule is Cc1ccc2c(oc3ccc4ccccc4c32)c1-c1ccc(C(C)C)c[n+]1C. The maximum absolute atomic E-state index is 6.45. The van der Waals surface area contributed by atoms with Gasteiger partial charge in [-0.3, -0.25) is 0 Å². The highest BCUT2D eigenvalue weighted by atomic mass is 16.3. The zero-order valence-corrected chi connectivity index (χ0v) is 16.8. The largest absolute Gasteiger partial charge is 0.455 e. The Morgan fingerprint density at radius 2 is 1.68 bits per heavy atom. The van der Waals surface area contributed by atoms with Gasteiger partial charge in [0.05, 0.1) is 5.56 Å². The number of hydrogen-bond donors (Lipinski definition) is 0. The van der Waals surface area contributed by atoms with Crippen molar-refractivity contribution in [3.8, 4) is 11.3 Å². The van der Waals surface area contributed by atoms with Gasteiger partial charge in [0.1, 0.15) is 18.2 Å². The van der Waals surface area contributed by atoms with E-state index in [0.29, 0.717) is 5.92 Å². The summed E-state index contributed by atoms with van der Waals surface area (Å²) in [5.41, 5.74) is 6.84. The molecule has 0 atom stereocenters. The van der Waals surface area contributed by atoms with Crippen molar-refractivity contribution in [1.29, 1.82) is 0 Å². The van der Waals surface area contributed by atoms with E-state index < -0.39 is 0 Å². The lowest BCUT2D eigenvalue weighted by Crippen LogP contribution is -2.31. The molecule has 0 saturated heterocycles. The molecule has 0 aliphatic heterocycles. The molecule has 3 aromatic carbocycles. The van der Waals surface area contributed by atoms with Crippen LogP contribution in [0, 0.1) is 6.92 Å². The van der Waals surface area contributed by atoms with Crippen LogP contribution in [0.15, 0.2) is 71.3 Å². The van der Waals surface area contributed by atoms with Gasteiger partial charge < -0.3 is 4.42 Å². The standard InChI is InChI=1S/C26H24NO/c1-16(2)19-10-13-22(27(4)15-19)24-17(3)9-12-21-25-20-8-6-5-7-18(20)11-14-23(25)28-26(21)24/h5-16H,1-4H3/q+1. The molecule has 28 heavy (non-hydrogen) atoms. The average molecular weight is 366 g/mol. The summed E-state index contributed by atoms with van der Waals surface area (Å²) in [5.74, 6) is 0.509. The van der Waals surface area contributed by atoms with Gasteiger partial charge in [0.15, 0.2) is 6.20 Å². The smallest absolute Gasteiger partial charge is 0.216 e. The quantitative estimate of drug-likeness (QED) is 0.319. The zero-order valence-electron chi connectivity index (χ0n) is 16.8. The van der Waals surface area contributed by atoms with Gasteiger partial charge in [-0.25, -0.2) is 4.57 Å². The van der Waals surface area contributed by atoms with E-state index in [-0.39, 0.29) is 0 Å². The Hall–Kier alpha value is -3.13. The summed E-state index contributed by atoms with van der Waals surface area (Å²) in [6.45, 7) is 6.62. The predicted molar refractivity (Wildman–Crippen MR) is 117 cm³/mol. The number of aryl methyl sites for hydroxylation is 2. The molecule has 0 fully saturated rings. The van der Waals surface area contributed by atoms with Gasteiger partial charge in [-0.2, -0.15) is 0 Å². The highest BCUT2D eigenvalue weighted by Crippen LogP contribution is 2.39. The van der Waals surface area contributed by atoms with Crippen molar-refractivity contribution in [3.05, 3.63) is 78.0 Å². The van der Waals surface area contributed by atoms with Gasteiger partial charge in [-0.1, -0.05) is 56.3 Å². The zero-order chi connectivity index (χ0) is 19.4. The second-order valence-corrected chi connectivity index (χ2v) is 8.01. The topological polar surface area (TPSA) is 17.0 Å². The molecule has 0 aliphatic carbocycles. The second kappa shape index (κ2) is 6.20. The molecule has 0 bridgehead atoms. The fourth-order valence-corrected chi connectivity index (χ4v) is 4.26. The first kappa shape index (κ1) is 17.0. The van der Waals surface area contributed by atoms with Gasteiger partial charge in [0, 0.05) is 22.4 Å². The Kier molecular flexibility index (Phi) is 3.77. The third kappa shape index (κ3) is 2.45. The molecule has 138 valence electrons. The summed E-state index contributed by atoms with van der Waals surface area (Å²) >= 11 is 0. The average Bonchev–Trinajstić information content (AvgIpc) is 3.07. The van der Waals surface area contributed by atoms with Crippen LogP contribution >= 0.6 is 0 Å². The minimum Gasteiger partial charge on any atom is -0.455 e. The molecule has 0 amide bonds. The summed E-state index contributed by atoms with van der Waals surface area (Å²) in [6.07, 6.45) is 2.23. The van der Waals surface area contributed by atoms with Crippen LogP contribution in [0.5, 0.6) is 0 Å². The number of pyridine rings is 1. The molecule has 2 heteroatoms. The van der Waals surface area contributed by atoms with Crippen molar-refractivity contribution < 1.29 is 8.98 Å². The van der Waals surface area contributed by atoms with Gasteiger partial charge in [0.25, 0.3) is 0 Å². The molecule has 2 heterocycles. The maximum atomic E-state index is 6.45. The molecule has 5 rings (SSSR count). The van der Waals surface area contributed by atoms with E-state index in [1.165, 1.54) is 43.9 Å². The van der Waals surface area contributed by atoms with Crippen LogP contribution in [0.1, 0.15) is 30.9 Å². The van der Waals surface area contributed by atoms with E-state index in [0.717, 1.165) is 11.2 Å². The third-order valence-corrected chi connectivity index (χ3v) is 5.82. The molecule has 5 aromatic rings. The molecule has 0 saturated carbocycles. The predicted octanol–water partition coefficient (Wildman–Crippen LogP) is 6.66. The molecule has 0 spiro atoms. The molecule has 0 N–H and O–H groups in total. The lowest BCUT2D eigenvalue weighted by Gasteiger charge is -2.08. The van der Waals surface area contributed by atoms with Crippen molar-refractivity contribution in [1.82, 2.24) is 0 Å². The van der Waals surface area contributed by atoms with Gasteiger partial charge in [0.2, 0.25) is 5.69 Å². The number of nitrogens with zero attached hydrogens (tertiary/aromatic N) is 1. The molecular formula is C26H24NO+. The van der Waals surface area contributed by atoms with Crippen molar-refractivity contribution in [2.24, 2.45) is 7.05 Å². The van der Waals surface area contributed by atoms with Crippen LogP contribution in [0.2, 0.25) is 0 Å². The molecule has 0 aliphatic rings. The number of furan rings is 1. The summed E-state index contributed by atoms with van der Waals surface area (Å²) < 4.78 is 8.67. The fraction of sp³-hybridized carbons (Fsp3) is 0.192. The van der Waals surface area contributed by atoms with E-state index in [1.54, 1.807) is 0 Å². The molecule has 0 radical (unpaired) electrons. The minimum atomic E-state index is 0.509. The van der Waals surface area contributed by atoms with Crippen molar-refractivity contribution in [2.75, 3.05) is 0 Å². The maximum Gasteiger partial charge on any atom is 0.216 e. The summed E-state index contributed by atoms with van der Waals surface area (Å²) in [5, 5.41) is 4.87. The first-order chi connectivity index (χ1) is 13.5. The van der Waals surface area contributed by atoms with Crippen LogP contribution in [0.25, 0.3) is 44.0 Å². The van der Waals surface area contributed by atoms with Crippen LogP contribution in [-0.4, -0.2) is 0 Å². The first-order valence-electron chi connectivity index (χ1n) is 9.88. The van der Waals surface area contributed by atoms with Crippen LogP contribution in [0.4, 0.5) is 0 Å². The van der Waals surface area contributed by atoms with Crippen LogP contribution in [-0.2, 0) is 7.05 Å². The van der Waals surface area contributed by atoms with E-state index in [4.69, 9.17) is 4.42 Å².